The largest absolute Gasteiger partial charge is 0.246 e. The van der Waals surface area contributed by atoms with Crippen LogP contribution in [0.2, 0.25) is 0 Å². The highest BCUT2D eigenvalue weighted by Crippen LogP contribution is 2.14. The number of hydrogen-bond donors (Lipinski definition) is 0. The van der Waals surface area contributed by atoms with Gasteiger partial charge in [-0.1, -0.05) is 0 Å². The van der Waals surface area contributed by atoms with Gasteiger partial charge in [0.2, 0.25) is 0 Å². The SMILES string of the molecule is CN=P(=NC)N(C)C. The molecule has 0 spiro atoms. The van der Waals surface area contributed by atoms with Crippen LogP contribution in [-0.4, -0.2) is 32.9 Å². The minimum absolute atomic E-state index is 0.532. The van der Waals surface area contributed by atoms with Crippen LogP contribution in [0.15, 0.2) is 9.49 Å². The van der Waals surface area contributed by atoms with Crippen molar-refractivity contribution in [2.24, 2.45) is 9.49 Å². The number of nitrogens with zero attached hydrogens (tertiary/aromatic N) is 3. The molecule has 0 aromatic rings. The smallest absolute Gasteiger partial charge is 0.136 e. The topological polar surface area (TPSA) is 28.0 Å². The zero-order valence-electron chi connectivity index (χ0n) is 5.79. The van der Waals surface area contributed by atoms with Crippen LogP contribution >= 0.6 is 7.66 Å². The Balaban J connectivity index is 4.16. The normalized spacial score (nSPS) is 13.4. The van der Waals surface area contributed by atoms with Crippen molar-refractivity contribution in [1.82, 2.24) is 4.67 Å². The quantitative estimate of drug-likeness (QED) is 0.499. The average molecular weight is 133 g/mol. The van der Waals surface area contributed by atoms with Crippen molar-refractivity contribution in [3.05, 3.63) is 0 Å². The van der Waals surface area contributed by atoms with E-state index < -0.39 is 7.66 Å². The van der Waals surface area contributed by atoms with Crippen LogP contribution in [0, 0.1) is 0 Å². The maximum absolute atomic E-state index is 4.03. The summed E-state index contributed by atoms with van der Waals surface area (Å²) in [6.07, 6.45) is 0. The van der Waals surface area contributed by atoms with Crippen molar-refractivity contribution < 1.29 is 0 Å². The van der Waals surface area contributed by atoms with E-state index in [2.05, 4.69) is 9.49 Å². The van der Waals surface area contributed by atoms with E-state index >= 15 is 0 Å². The summed E-state index contributed by atoms with van der Waals surface area (Å²) in [5.74, 6) is 0. The molecule has 0 radical (unpaired) electrons. The summed E-state index contributed by atoms with van der Waals surface area (Å²) in [6, 6.07) is 0. The van der Waals surface area contributed by atoms with Crippen molar-refractivity contribution in [2.45, 2.75) is 0 Å². The van der Waals surface area contributed by atoms with Crippen LogP contribution in [0.3, 0.4) is 0 Å². The second-order valence-electron chi connectivity index (χ2n) is 1.52. The van der Waals surface area contributed by atoms with Gasteiger partial charge >= 0.3 is 0 Å². The lowest BCUT2D eigenvalue weighted by molar-refractivity contribution is 0.688. The van der Waals surface area contributed by atoms with Crippen LogP contribution in [0.25, 0.3) is 0 Å². The molecule has 4 heteroatoms. The van der Waals surface area contributed by atoms with E-state index in [1.165, 1.54) is 0 Å². The van der Waals surface area contributed by atoms with E-state index in [0.717, 1.165) is 0 Å². The van der Waals surface area contributed by atoms with Gasteiger partial charge in [0, 0.05) is 14.1 Å². The summed E-state index contributed by atoms with van der Waals surface area (Å²) < 4.78 is 10.1. The zero-order chi connectivity index (χ0) is 6.57. The summed E-state index contributed by atoms with van der Waals surface area (Å²) in [7, 11) is 7.00. The molecule has 0 N–H and O–H groups in total. The van der Waals surface area contributed by atoms with E-state index in [4.69, 9.17) is 0 Å². The molecule has 0 fully saturated rings. The Hall–Kier alpha value is -0.140. The second-order valence-corrected chi connectivity index (χ2v) is 3.65. The van der Waals surface area contributed by atoms with E-state index in [1.54, 1.807) is 14.1 Å². The fourth-order valence-corrected chi connectivity index (χ4v) is 1.34. The Labute approximate surface area is 51.0 Å². The maximum Gasteiger partial charge on any atom is 0.136 e. The van der Waals surface area contributed by atoms with Crippen LogP contribution in [-0.2, 0) is 0 Å². The van der Waals surface area contributed by atoms with Gasteiger partial charge in [-0.25, -0.2) is 14.2 Å². The average Bonchev–Trinajstić information content (AvgIpc) is 1.69. The molecule has 8 heavy (non-hydrogen) atoms. The third kappa shape index (κ3) is 2.24. The lowest BCUT2D eigenvalue weighted by Gasteiger charge is -1.99. The predicted molar refractivity (Wildman–Crippen MR) is 37.3 cm³/mol. The van der Waals surface area contributed by atoms with Crippen LogP contribution in [0.4, 0.5) is 0 Å². The third-order valence-electron chi connectivity index (χ3n) is 0.716. The zero-order valence-corrected chi connectivity index (χ0v) is 6.68. The predicted octanol–water partition coefficient (Wildman–Crippen LogP) is 1.57. The maximum atomic E-state index is 4.03. The summed E-state index contributed by atoms with van der Waals surface area (Å²) in [5, 5.41) is 0. The Morgan fingerprint density at radius 1 is 1.12 bits per heavy atom. The van der Waals surface area contributed by atoms with Crippen molar-refractivity contribution in [3.63, 3.8) is 0 Å². The molecule has 0 saturated carbocycles. The molecule has 0 rings (SSSR count). The number of rotatable bonds is 1. The van der Waals surface area contributed by atoms with Crippen molar-refractivity contribution in [1.29, 1.82) is 0 Å². The lowest BCUT2D eigenvalue weighted by Crippen LogP contribution is -1.94. The highest BCUT2D eigenvalue weighted by molar-refractivity contribution is 7.33. The Morgan fingerprint density at radius 2 is 1.50 bits per heavy atom. The molecule has 0 saturated heterocycles. The molecule has 0 aromatic heterocycles. The first-order valence-electron chi connectivity index (χ1n) is 2.39. The first-order valence-corrected chi connectivity index (χ1v) is 3.59. The van der Waals surface area contributed by atoms with Gasteiger partial charge in [-0.2, -0.15) is 0 Å². The van der Waals surface area contributed by atoms with Crippen LogP contribution in [0.1, 0.15) is 0 Å². The van der Waals surface area contributed by atoms with E-state index in [-0.39, 0.29) is 0 Å². The van der Waals surface area contributed by atoms with E-state index in [9.17, 15) is 0 Å². The van der Waals surface area contributed by atoms with Gasteiger partial charge in [0.25, 0.3) is 0 Å². The second kappa shape index (κ2) is 3.81. The monoisotopic (exact) mass is 133 g/mol. The van der Waals surface area contributed by atoms with E-state index in [0.29, 0.717) is 0 Å². The lowest BCUT2D eigenvalue weighted by atomic mass is 11.3. The molecular formula is C4H12N3P. The van der Waals surface area contributed by atoms with E-state index in [1.807, 2.05) is 18.8 Å². The van der Waals surface area contributed by atoms with Crippen molar-refractivity contribution in [3.8, 4) is 0 Å². The minimum atomic E-state index is -0.532. The molecule has 0 aromatic carbocycles. The standard InChI is InChI=1S/C4H12N3P/c1-5-8(6-2)7(3)4/h1-4H3. The Bertz CT molecular complexity index is 122. The molecule has 0 aliphatic heterocycles. The molecular weight excluding hydrogens is 121 g/mol. The molecule has 0 unspecified atom stereocenters. The molecule has 0 heterocycles. The summed E-state index contributed by atoms with van der Waals surface area (Å²) in [4.78, 5) is 0. The van der Waals surface area contributed by atoms with Gasteiger partial charge in [-0.3, -0.25) is 0 Å². The van der Waals surface area contributed by atoms with Crippen LogP contribution in [0.5, 0.6) is 0 Å². The highest BCUT2D eigenvalue weighted by atomic mass is 31.1. The molecule has 3 nitrogen and oxygen atoms in total. The van der Waals surface area contributed by atoms with Gasteiger partial charge in [0.15, 0.2) is 0 Å². The molecule has 0 aliphatic carbocycles. The molecule has 48 valence electrons. The molecule has 0 amide bonds. The fraction of sp³-hybridized carbons (Fsp3) is 1.00. The van der Waals surface area contributed by atoms with Crippen LogP contribution < -0.4 is 0 Å². The van der Waals surface area contributed by atoms with Gasteiger partial charge in [0.1, 0.15) is 7.66 Å². The van der Waals surface area contributed by atoms with Gasteiger partial charge < -0.3 is 0 Å². The highest BCUT2D eigenvalue weighted by Gasteiger charge is 1.83. The van der Waals surface area contributed by atoms with Gasteiger partial charge in [-0.05, 0) is 14.1 Å². The Morgan fingerprint density at radius 3 is 1.50 bits per heavy atom. The summed E-state index contributed by atoms with van der Waals surface area (Å²) in [6.45, 7) is 0. The first kappa shape index (κ1) is 7.86. The Kier molecular flexibility index (Phi) is 3.75. The van der Waals surface area contributed by atoms with Crippen molar-refractivity contribution in [2.75, 3.05) is 28.2 Å². The first-order chi connectivity index (χ1) is 3.72. The molecule has 0 atom stereocenters. The minimum Gasteiger partial charge on any atom is -0.246 e. The molecule has 0 aliphatic rings. The third-order valence-corrected chi connectivity index (χ3v) is 2.15. The molecule has 0 bridgehead atoms. The van der Waals surface area contributed by atoms with Gasteiger partial charge in [-0.15, -0.1) is 0 Å². The summed E-state index contributed by atoms with van der Waals surface area (Å²) >= 11 is 0. The fourth-order valence-electron chi connectivity index (χ4n) is 0.447. The van der Waals surface area contributed by atoms with Crippen molar-refractivity contribution >= 4 is 7.66 Å². The van der Waals surface area contributed by atoms with Gasteiger partial charge in [0.05, 0.1) is 0 Å². The number of hydrogen-bond acceptors (Lipinski definition) is 2. The summed E-state index contributed by atoms with van der Waals surface area (Å²) in [5.41, 5.74) is 0.